The van der Waals surface area contributed by atoms with Crippen LogP contribution in [0.25, 0.3) is 121 Å². The van der Waals surface area contributed by atoms with Gasteiger partial charge in [-0.1, -0.05) is 133 Å². The summed E-state index contributed by atoms with van der Waals surface area (Å²) in [6.45, 7) is 0. The molecule has 1 aliphatic rings. The summed E-state index contributed by atoms with van der Waals surface area (Å²) < 4.78 is 11.9. The van der Waals surface area contributed by atoms with Gasteiger partial charge in [0.25, 0.3) is 0 Å². The Hall–Kier alpha value is -7.10. The van der Waals surface area contributed by atoms with Crippen molar-refractivity contribution in [2.75, 3.05) is 0 Å². The first-order chi connectivity index (χ1) is 26.3. The van der Waals surface area contributed by atoms with Crippen LogP contribution in [0.3, 0.4) is 0 Å². The Labute approximate surface area is 303 Å². The van der Waals surface area contributed by atoms with E-state index in [9.17, 15) is 0 Å². The molecular formula is C50H28N2O. The van der Waals surface area contributed by atoms with Gasteiger partial charge in [0.05, 0.1) is 27.8 Å². The standard InChI is InChI=1S/C50H28N2O/c1-2-14-32-29(11-1)12-10-21-43(32)52-48-39(40-25-26-41-36-18-6-8-22-45(36)53-50(41)49(40)52)24-23-38-35-17-5-7-20-44(35)51(47(38)48)31-27-30-13-9-19-37-33-15-3-4-16-34(33)42(28-31)46(30)37/h1-28H. The van der Waals surface area contributed by atoms with Gasteiger partial charge in [0.1, 0.15) is 5.58 Å². The summed E-state index contributed by atoms with van der Waals surface area (Å²) in [4.78, 5) is 0. The molecule has 13 rings (SSSR count). The lowest BCUT2D eigenvalue weighted by atomic mass is 10.0. The average Bonchev–Trinajstić information content (AvgIpc) is 3.95. The molecule has 0 atom stereocenters. The molecule has 3 heteroatoms. The van der Waals surface area contributed by atoms with Gasteiger partial charge in [-0.15, -0.1) is 0 Å². The van der Waals surface area contributed by atoms with E-state index in [1.54, 1.807) is 0 Å². The van der Waals surface area contributed by atoms with Crippen LogP contribution in [0.1, 0.15) is 0 Å². The van der Waals surface area contributed by atoms with Crippen molar-refractivity contribution in [1.29, 1.82) is 0 Å². The van der Waals surface area contributed by atoms with Gasteiger partial charge < -0.3 is 13.6 Å². The second kappa shape index (κ2) is 9.81. The van der Waals surface area contributed by atoms with E-state index in [1.807, 2.05) is 0 Å². The van der Waals surface area contributed by atoms with Crippen molar-refractivity contribution in [3.8, 4) is 33.6 Å². The number of hydrogen-bond donors (Lipinski definition) is 0. The van der Waals surface area contributed by atoms with Crippen LogP contribution in [0, 0.1) is 0 Å². The quantitative estimate of drug-likeness (QED) is 0.179. The molecule has 53 heavy (non-hydrogen) atoms. The fourth-order valence-electron chi connectivity index (χ4n) is 9.65. The molecule has 244 valence electrons. The highest BCUT2D eigenvalue weighted by Gasteiger charge is 2.27. The average molecular weight is 673 g/mol. The molecule has 0 saturated heterocycles. The Bertz CT molecular complexity index is 3570. The minimum atomic E-state index is 0.901. The van der Waals surface area contributed by atoms with Gasteiger partial charge in [-0.2, -0.15) is 0 Å². The summed E-state index contributed by atoms with van der Waals surface area (Å²) in [7, 11) is 0. The number of benzene rings is 9. The molecule has 3 nitrogen and oxygen atoms in total. The van der Waals surface area contributed by atoms with Gasteiger partial charge in [0.2, 0.25) is 0 Å². The maximum atomic E-state index is 6.85. The predicted octanol–water partition coefficient (Wildman–Crippen LogP) is 13.7. The van der Waals surface area contributed by atoms with Crippen LogP contribution in [-0.2, 0) is 0 Å². The van der Waals surface area contributed by atoms with Gasteiger partial charge in [-0.25, -0.2) is 0 Å². The van der Waals surface area contributed by atoms with Crippen molar-refractivity contribution in [1.82, 2.24) is 9.13 Å². The third-order valence-corrected chi connectivity index (χ3v) is 11.8. The summed E-state index contributed by atoms with van der Waals surface area (Å²) in [6, 6.07) is 62.3. The minimum absolute atomic E-state index is 0.901. The Morgan fingerprint density at radius 3 is 1.85 bits per heavy atom. The number of hydrogen-bond acceptors (Lipinski definition) is 1. The lowest BCUT2D eigenvalue weighted by Gasteiger charge is -2.15. The van der Waals surface area contributed by atoms with Crippen molar-refractivity contribution in [2.45, 2.75) is 0 Å². The fourth-order valence-corrected chi connectivity index (χ4v) is 9.65. The molecule has 0 spiro atoms. The summed E-state index contributed by atoms with van der Waals surface area (Å²) in [5, 5.41) is 12.1. The van der Waals surface area contributed by atoms with Crippen molar-refractivity contribution in [3.05, 3.63) is 170 Å². The van der Waals surface area contributed by atoms with Crippen LogP contribution in [-0.4, -0.2) is 9.13 Å². The molecule has 0 bridgehead atoms. The van der Waals surface area contributed by atoms with E-state index in [-0.39, 0.29) is 0 Å². The molecule has 0 unspecified atom stereocenters. The van der Waals surface area contributed by atoms with E-state index >= 15 is 0 Å². The maximum absolute atomic E-state index is 6.85. The number of aromatic nitrogens is 2. The highest BCUT2D eigenvalue weighted by molar-refractivity contribution is 6.28. The molecule has 12 aromatic rings. The van der Waals surface area contributed by atoms with Crippen molar-refractivity contribution in [2.24, 2.45) is 0 Å². The van der Waals surface area contributed by atoms with Gasteiger partial charge >= 0.3 is 0 Å². The lowest BCUT2D eigenvalue weighted by molar-refractivity contribution is 0.671. The van der Waals surface area contributed by atoms with E-state index in [0.717, 1.165) is 38.8 Å². The molecule has 0 fully saturated rings. The first kappa shape index (κ1) is 27.6. The molecule has 1 aliphatic carbocycles. The van der Waals surface area contributed by atoms with E-state index < -0.39 is 0 Å². The zero-order chi connectivity index (χ0) is 34.4. The largest absolute Gasteiger partial charge is 0.454 e. The van der Waals surface area contributed by atoms with E-state index in [4.69, 9.17) is 4.42 Å². The maximum Gasteiger partial charge on any atom is 0.160 e. The van der Waals surface area contributed by atoms with Crippen LogP contribution >= 0.6 is 0 Å². The zero-order valence-electron chi connectivity index (χ0n) is 28.5. The molecule has 0 radical (unpaired) electrons. The van der Waals surface area contributed by atoms with Gasteiger partial charge in [0.15, 0.2) is 5.58 Å². The highest BCUT2D eigenvalue weighted by atomic mass is 16.3. The summed E-state index contributed by atoms with van der Waals surface area (Å²) in [5.41, 5.74) is 13.9. The molecule has 3 heterocycles. The van der Waals surface area contributed by atoms with E-state index in [1.165, 1.54) is 81.9 Å². The highest BCUT2D eigenvalue weighted by Crippen LogP contribution is 2.50. The van der Waals surface area contributed by atoms with Crippen LogP contribution in [0.2, 0.25) is 0 Å². The first-order valence-electron chi connectivity index (χ1n) is 18.3. The minimum Gasteiger partial charge on any atom is -0.454 e. The summed E-state index contributed by atoms with van der Waals surface area (Å²) in [6.07, 6.45) is 0. The van der Waals surface area contributed by atoms with Gasteiger partial charge in [0, 0.05) is 43.4 Å². The van der Waals surface area contributed by atoms with Gasteiger partial charge in [-0.05, 0) is 74.8 Å². The fraction of sp³-hybridized carbons (Fsp3) is 0. The Balaban J connectivity index is 1.28. The summed E-state index contributed by atoms with van der Waals surface area (Å²) >= 11 is 0. The Morgan fingerprint density at radius 2 is 0.962 bits per heavy atom. The third-order valence-electron chi connectivity index (χ3n) is 11.8. The van der Waals surface area contributed by atoms with Crippen molar-refractivity contribution < 1.29 is 4.42 Å². The van der Waals surface area contributed by atoms with Gasteiger partial charge in [-0.3, -0.25) is 0 Å². The second-order valence-corrected chi connectivity index (χ2v) is 14.4. The molecule has 0 N–H and O–H groups in total. The number of nitrogens with zero attached hydrogens (tertiary/aromatic N) is 2. The molecular weight excluding hydrogens is 645 g/mol. The van der Waals surface area contributed by atoms with Crippen molar-refractivity contribution >= 4 is 87.1 Å². The first-order valence-corrected chi connectivity index (χ1v) is 18.3. The van der Waals surface area contributed by atoms with E-state index in [2.05, 4.69) is 179 Å². The summed E-state index contributed by atoms with van der Waals surface area (Å²) in [5.74, 6) is 0. The topological polar surface area (TPSA) is 23.0 Å². The molecule has 3 aromatic heterocycles. The lowest BCUT2D eigenvalue weighted by Crippen LogP contribution is -2.00. The number of para-hydroxylation sites is 2. The number of fused-ring (bicyclic) bond motifs is 15. The Morgan fingerprint density at radius 1 is 0.358 bits per heavy atom. The van der Waals surface area contributed by atoms with Crippen LogP contribution in [0.15, 0.2) is 174 Å². The van der Waals surface area contributed by atoms with Crippen LogP contribution in [0.4, 0.5) is 0 Å². The monoisotopic (exact) mass is 672 g/mol. The smallest absolute Gasteiger partial charge is 0.160 e. The van der Waals surface area contributed by atoms with Crippen LogP contribution in [0.5, 0.6) is 0 Å². The van der Waals surface area contributed by atoms with E-state index in [0.29, 0.717) is 0 Å². The SMILES string of the molecule is c1ccc2c(c1)-c1cccc3cc(-n4c5ccccc5c5ccc6c7ccc8c9ccccc9oc8c7n(-c7cccc8ccccc78)c6c54)cc-2c13. The second-order valence-electron chi connectivity index (χ2n) is 14.4. The molecule has 0 saturated carbocycles. The number of rotatable bonds is 2. The number of furan rings is 1. The molecule has 9 aromatic carbocycles. The Kier molecular flexibility index (Phi) is 5.11. The van der Waals surface area contributed by atoms with Crippen molar-refractivity contribution in [3.63, 3.8) is 0 Å². The molecule has 0 aliphatic heterocycles. The predicted molar refractivity (Wildman–Crippen MR) is 222 cm³/mol. The normalized spacial score (nSPS) is 12.5. The third kappa shape index (κ3) is 3.44. The molecule has 0 amide bonds. The zero-order valence-corrected chi connectivity index (χ0v) is 28.5. The van der Waals surface area contributed by atoms with Crippen LogP contribution < -0.4 is 0 Å².